The highest BCUT2D eigenvalue weighted by Gasteiger charge is 2.17. The van der Waals surface area contributed by atoms with Crippen molar-refractivity contribution in [3.63, 3.8) is 0 Å². The molecule has 0 radical (unpaired) electrons. The molecule has 0 saturated heterocycles. The molecule has 0 aromatic heterocycles. The number of rotatable bonds is 6. The van der Waals surface area contributed by atoms with Gasteiger partial charge in [0.25, 0.3) is 20.2 Å². The molecule has 0 amide bonds. The van der Waals surface area contributed by atoms with Crippen LogP contribution in [0.25, 0.3) is 12.2 Å². The highest BCUT2D eigenvalue weighted by atomic mass is 32.2. The SMILES string of the molecule is NNc1ccc(/C=C/c2ccc(NN)cc2S(=O)(=O)O)c(S(=O)(=O)O)c1. The minimum absolute atomic E-state index is 0.0776. The lowest BCUT2D eigenvalue weighted by Gasteiger charge is -2.08. The van der Waals surface area contributed by atoms with Crippen LogP contribution < -0.4 is 22.5 Å². The number of hydrogen-bond acceptors (Lipinski definition) is 8. The molecule has 2 aromatic rings. The highest BCUT2D eigenvalue weighted by Crippen LogP contribution is 2.25. The summed E-state index contributed by atoms with van der Waals surface area (Å²) in [7, 11) is -9.12. The Labute approximate surface area is 150 Å². The van der Waals surface area contributed by atoms with Gasteiger partial charge in [-0.05, 0) is 35.4 Å². The van der Waals surface area contributed by atoms with E-state index >= 15 is 0 Å². The van der Waals surface area contributed by atoms with Crippen LogP contribution in [0.3, 0.4) is 0 Å². The summed E-state index contributed by atoms with van der Waals surface area (Å²) < 4.78 is 64.9. The standard InChI is InChI=1S/C14H16N4O6S2/c15-17-11-5-3-9(13(7-11)25(19,20)21)1-2-10-4-6-12(18-16)8-14(10)26(22,23)24/h1-8,17-18H,15-16H2,(H,19,20,21)(H,22,23,24)/b2-1+. The predicted octanol–water partition coefficient (Wildman–Crippen LogP) is 0.922. The Kier molecular flexibility index (Phi) is 5.65. The van der Waals surface area contributed by atoms with Crippen molar-refractivity contribution < 1.29 is 25.9 Å². The first kappa shape index (κ1) is 19.8. The van der Waals surface area contributed by atoms with Crippen molar-refractivity contribution in [2.45, 2.75) is 9.79 Å². The zero-order chi connectivity index (χ0) is 19.5. The zero-order valence-corrected chi connectivity index (χ0v) is 14.8. The molecule has 0 aliphatic rings. The van der Waals surface area contributed by atoms with Gasteiger partial charge in [0.1, 0.15) is 9.79 Å². The molecule has 26 heavy (non-hydrogen) atoms. The summed E-state index contributed by atoms with van der Waals surface area (Å²) in [4.78, 5) is -0.865. The largest absolute Gasteiger partial charge is 0.324 e. The maximum atomic E-state index is 11.5. The van der Waals surface area contributed by atoms with Gasteiger partial charge in [-0.2, -0.15) is 16.8 Å². The summed E-state index contributed by atoms with van der Waals surface area (Å²) in [5, 5.41) is 0. The van der Waals surface area contributed by atoms with Gasteiger partial charge in [0.2, 0.25) is 0 Å². The van der Waals surface area contributed by atoms with Gasteiger partial charge < -0.3 is 10.9 Å². The zero-order valence-electron chi connectivity index (χ0n) is 13.1. The maximum Gasteiger partial charge on any atom is 0.295 e. The normalized spacial score (nSPS) is 12.3. The molecule has 0 aliphatic carbocycles. The highest BCUT2D eigenvalue weighted by molar-refractivity contribution is 7.86. The first-order chi connectivity index (χ1) is 12.1. The smallest absolute Gasteiger partial charge is 0.295 e. The van der Waals surface area contributed by atoms with E-state index in [4.69, 9.17) is 11.7 Å². The topological polar surface area (TPSA) is 185 Å². The number of nitrogen functional groups attached to an aromatic ring is 2. The number of nitrogens with two attached hydrogens (primary N) is 2. The third-order valence-electron chi connectivity index (χ3n) is 3.36. The van der Waals surface area contributed by atoms with Crippen molar-refractivity contribution in [3.8, 4) is 0 Å². The lowest BCUT2D eigenvalue weighted by atomic mass is 10.1. The van der Waals surface area contributed by atoms with Crippen LogP contribution in [0.1, 0.15) is 11.1 Å². The molecule has 0 unspecified atom stereocenters. The van der Waals surface area contributed by atoms with E-state index in [1.54, 1.807) is 0 Å². The Morgan fingerprint density at radius 3 is 1.35 bits per heavy atom. The van der Waals surface area contributed by atoms with E-state index in [1.165, 1.54) is 36.4 Å². The van der Waals surface area contributed by atoms with Gasteiger partial charge in [0.15, 0.2) is 0 Å². The van der Waals surface area contributed by atoms with E-state index < -0.39 is 30.0 Å². The van der Waals surface area contributed by atoms with Crippen molar-refractivity contribution in [1.82, 2.24) is 0 Å². The first-order valence-corrected chi connectivity index (χ1v) is 9.78. The Morgan fingerprint density at radius 2 is 1.08 bits per heavy atom. The average Bonchev–Trinajstić information content (AvgIpc) is 2.58. The average molecular weight is 400 g/mol. The fourth-order valence-corrected chi connectivity index (χ4v) is 3.57. The molecule has 0 atom stereocenters. The third kappa shape index (κ3) is 4.57. The number of hydrazine groups is 2. The summed E-state index contributed by atoms with van der Waals surface area (Å²) in [5.41, 5.74) is 5.14. The van der Waals surface area contributed by atoms with Crippen LogP contribution in [-0.2, 0) is 20.2 Å². The number of benzene rings is 2. The van der Waals surface area contributed by atoms with Gasteiger partial charge in [-0.3, -0.25) is 20.8 Å². The minimum atomic E-state index is -4.56. The molecular weight excluding hydrogens is 384 g/mol. The van der Waals surface area contributed by atoms with Crippen LogP contribution in [0.15, 0.2) is 46.2 Å². The van der Waals surface area contributed by atoms with E-state index in [2.05, 4.69) is 10.9 Å². The molecule has 0 spiro atoms. The third-order valence-corrected chi connectivity index (χ3v) is 5.18. The molecule has 0 heterocycles. The van der Waals surface area contributed by atoms with Crippen molar-refractivity contribution in [2.75, 3.05) is 10.9 Å². The van der Waals surface area contributed by atoms with Crippen molar-refractivity contribution in [1.29, 1.82) is 0 Å². The molecule has 140 valence electrons. The molecular formula is C14H16N4O6S2. The van der Waals surface area contributed by atoms with Gasteiger partial charge in [0.05, 0.1) is 0 Å². The number of nitrogens with one attached hydrogen (secondary N) is 2. The first-order valence-electron chi connectivity index (χ1n) is 6.90. The van der Waals surface area contributed by atoms with Crippen LogP contribution in [0, 0.1) is 0 Å². The van der Waals surface area contributed by atoms with Gasteiger partial charge >= 0.3 is 0 Å². The Hall–Kier alpha value is -2.48. The van der Waals surface area contributed by atoms with Crippen LogP contribution >= 0.6 is 0 Å². The van der Waals surface area contributed by atoms with Crippen LogP contribution in [0.4, 0.5) is 11.4 Å². The Balaban J connectivity index is 2.58. The lowest BCUT2D eigenvalue weighted by molar-refractivity contribution is 0.480. The summed E-state index contributed by atoms with van der Waals surface area (Å²) in [6.07, 6.45) is 2.53. The molecule has 0 saturated carbocycles. The van der Waals surface area contributed by atoms with E-state index in [0.717, 1.165) is 12.1 Å². The summed E-state index contributed by atoms with van der Waals surface area (Å²) in [6.45, 7) is 0. The fourth-order valence-electron chi connectivity index (χ4n) is 2.15. The molecule has 10 nitrogen and oxygen atoms in total. The Bertz CT molecular complexity index is 979. The second-order valence-electron chi connectivity index (χ2n) is 5.08. The van der Waals surface area contributed by atoms with Gasteiger partial charge in [0, 0.05) is 11.4 Å². The van der Waals surface area contributed by atoms with Crippen molar-refractivity contribution in [2.24, 2.45) is 11.7 Å². The molecule has 0 aliphatic heterocycles. The quantitative estimate of drug-likeness (QED) is 0.176. The van der Waals surface area contributed by atoms with E-state index in [-0.39, 0.29) is 22.5 Å². The minimum Gasteiger partial charge on any atom is -0.324 e. The lowest BCUT2D eigenvalue weighted by Crippen LogP contribution is -2.09. The second kappa shape index (κ2) is 7.41. The molecule has 2 rings (SSSR count). The van der Waals surface area contributed by atoms with Crippen molar-refractivity contribution >= 4 is 43.8 Å². The van der Waals surface area contributed by atoms with Crippen molar-refractivity contribution in [3.05, 3.63) is 47.5 Å². The molecule has 12 heteroatoms. The van der Waals surface area contributed by atoms with E-state index in [0.29, 0.717) is 0 Å². The molecule has 0 fully saturated rings. The summed E-state index contributed by atoms with van der Waals surface area (Å²) >= 11 is 0. The molecule has 8 N–H and O–H groups in total. The number of anilines is 2. The Morgan fingerprint density at radius 1 is 0.731 bits per heavy atom. The monoisotopic (exact) mass is 400 g/mol. The van der Waals surface area contributed by atoms with Gasteiger partial charge in [-0.25, -0.2) is 0 Å². The van der Waals surface area contributed by atoms with Crippen LogP contribution in [0.2, 0.25) is 0 Å². The van der Waals surface area contributed by atoms with Crippen LogP contribution in [0.5, 0.6) is 0 Å². The predicted molar refractivity (Wildman–Crippen MR) is 97.1 cm³/mol. The van der Waals surface area contributed by atoms with E-state index in [9.17, 15) is 25.9 Å². The second-order valence-corrected chi connectivity index (χ2v) is 7.86. The van der Waals surface area contributed by atoms with E-state index in [1.807, 2.05) is 0 Å². The van der Waals surface area contributed by atoms with Gasteiger partial charge in [-0.15, -0.1) is 0 Å². The summed E-state index contributed by atoms with van der Waals surface area (Å²) in [5.74, 6) is 10.4. The fraction of sp³-hybridized carbons (Fsp3) is 0. The number of hydrogen-bond donors (Lipinski definition) is 6. The molecule has 2 aromatic carbocycles. The van der Waals surface area contributed by atoms with Gasteiger partial charge in [-0.1, -0.05) is 24.3 Å². The maximum absolute atomic E-state index is 11.5. The molecule has 0 bridgehead atoms. The summed E-state index contributed by atoms with van der Waals surface area (Å²) in [6, 6.07) is 7.86. The van der Waals surface area contributed by atoms with Crippen LogP contribution in [-0.4, -0.2) is 25.9 Å².